The zero-order valence-corrected chi connectivity index (χ0v) is 16.9. The van der Waals surface area contributed by atoms with Crippen LogP contribution in [-0.2, 0) is 11.2 Å². The number of aryl methyl sites for hydroxylation is 1. The van der Waals surface area contributed by atoms with E-state index in [2.05, 4.69) is 10.4 Å². The normalized spacial score (nSPS) is 16.8. The Hall–Kier alpha value is -2.19. The topological polar surface area (TPSA) is 59.4 Å². The van der Waals surface area contributed by atoms with E-state index in [1.54, 1.807) is 25.9 Å². The van der Waals surface area contributed by atoms with Gasteiger partial charge in [0.25, 0.3) is 0 Å². The molecule has 1 aromatic carbocycles. The largest absolute Gasteiger partial charge is 0.496 e. The minimum Gasteiger partial charge on any atom is -0.496 e. The molecule has 1 N–H and O–H groups in total. The second-order valence-electron chi connectivity index (χ2n) is 6.60. The molecule has 0 saturated carbocycles. The van der Waals surface area contributed by atoms with Crippen LogP contribution in [0.1, 0.15) is 35.1 Å². The van der Waals surface area contributed by atoms with Crippen LogP contribution in [0.15, 0.2) is 24.3 Å². The van der Waals surface area contributed by atoms with Crippen LogP contribution in [0, 0.1) is 13.8 Å². The molecule has 1 fully saturated rings. The van der Waals surface area contributed by atoms with E-state index in [0.29, 0.717) is 41.3 Å². The molecule has 1 amide bonds. The number of rotatable bonds is 5. The Morgan fingerprint density at radius 3 is 2.71 bits per heavy atom. The number of aromatic nitrogens is 2. The highest BCUT2D eigenvalue weighted by Gasteiger charge is 2.31. The molecule has 154 valence electrons. The first-order chi connectivity index (χ1) is 12.9. The maximum atomic E-state index is 13.1. The molecule has 2 aromatic rings. The number of benzene rings is 1. The third-order valence-electron chi connectivity index (χ3n) is 5.05. The number of nitrogens with one attached hydrogen (secondary N) is 1. The van der Waals surface area contributed by atoms with Crippen LogP contribution in [-0.4, -0.2) is 47.3 Å². The molecule has 0 aliphatic carbocycles. The fraction of sp³-hybridized carbons (Fsp3) is 0.474. The summed E-state index contributed by atoms with van der Waals surface area (Å²) in [5, 5.41) is 7.19. The van der Waals surface area contributed by atoms with Gasteiger partial charge in [0, 0.05) is 36.5 Å². The Balaban J connectivity index is 0.00000280. The molecule has 1 saturated heterocycles. The summed E-state index contributed by atoms with van der Waals surface area (Å²) in [6.45, 7) is 2.36. The number of nitrogens with zero attached hydrogens (tertiary/aromatic N) is 3. The first-order valence-electron chi connectivity index (χ1n) is 8.89. The van der Waals surface area contributed by atoms with E-state index in [9.17, 15) is 13.6 Å². The van der Waals surface area contributed by atoms with Gasteiger partial charge in [0.15, 0.2) is 0 Å². The van der Waals surface area contributed by atoms with Gasteiger partial charge in [-0.05, 0) is 19.9 Å². The Morgan fingerprint density at radius 2 is 2.07 bits per heavy atom. The van der Waals surface area contributed by atoms with Gasteiger partial charge < -0.3 is 15.0 Å². The van der Waals surface area contributed by atoms with E-state index in [1.165, 1.54) is 0 Å². The zero-order valence-electron chi connectivity index (χ0n) is 16.1. The maximum absolute atomic E-state index is 13.1. The van der Waals surface area contributed by atoms with Crippen LogP contribution in [0.2, 0.25) is 0 Å². The van der Waals surface area contributed by atoms with E-state index < -0.39 is 6.55 Å². The van der Waals surface area contributed by atoms with Crippen molar-refractivity contribution in [2.24, 2.45) is 0 Å². The number of ether oxygens (including phenoxy) is 1. The van der Waals surface area contributed by atoms with Crippen LogP contribution < -0.4 is 10.1 Å². The molecule has 0 spiro atoms. The number of hydrogen-bond donors (Lipinski definition) is 1. The molecule has 1 atom stereocenters. The van der Waals surface area contributed by atoms with Crippen molar-refractivity contribution < 1.29 is 18.3 Å². The number of para-hydroxylation sites is 1. The third kappa shape index (κ3) is 4.28. The van der Waals surface area contributed by atoms with Gasteiger partial charge >= 0.3 is 6.55 Å². The van der Waals surface area contributed by atoms with E-state index in [0.717, 1.165) is 11.3 Å². The fourth-order valence-corrected chi connectivity index (χ4v) is 3.62. The van der Waals surface area contributed by atoms with Gasteiger partial charge in [0.05, 0.1) is 25.3 Å². The second-order valence-corrected chi connectivity index (χ2v) is 6.60. The van der Waals surface area contributed by atoms with Crippen LogP contribution >= 0.6 is 12.4 Å². The van der Waals surface area contributed by atoms with Gasteiger partial charge in [0.2, 0.25) is 5.91 Å². The molecular formula is C19H25ClF2N4O2. The van der Waals surface area contributed by atoms with Gasteiger partial charge in [-0.3, -0.25) is 4.79 Å². The average Bonchev–Trinajstić information content (AvgIpc) is 2.96. The first kappa shape index (κ1) is 22.1. The predicted molar refractivity (Wildman–Crippen MR) is 104 cm³/mol. The van der Waals surface area contributed by atoms with Gasteiger partial charge in [-0.15, -0.1) is 12.4 Å². The number of amides is 1. The van der Waals surface area contributed by atoms with Crippen molar-refractivity contribution in [1.82, 2.24) is 20.0 Å². The molecule has 1 aliphatic heterocycles. The second kappa shape index (κ2) is 9.34. The van der Waals surface area contributed by atoms with Gasteiger partial charge in [-0.25, -0.2) is 4.68 Å². The molecule has 9 heteroatoms. The van der Waals surface area contributed by atoms with E-state index in [4.69, 9.17) is 4.74 Å². The van der Waals surface area contributed by atoms with Gasteiger partial charge in [-0.1, -0.05) is 18.2 Å². The smallest absolute Gasteiger partial charge is 0.333 e. The molecule has 0 bridgehead atoms. The quantitative estimate of drug-likeness (QED) is 0.817. The number of piperazine rings is 1. The van der Waals surface area contributed by atoms with Gasteiger partial charge in [-0.2, -0.15) is 13.9 Å². The number of carbonyl (C=O) groups is 1. The Kier molecular flexibility index (Phi) is 7.37. The molecule has 1 unspecified atom stereocenters. The molecule has 3 rings (SSSR count). The Bertz CT molecular complexity index is 828. The van der Waals surface area contributed by atoms with Crippen molar-refractivity contribution in [3.63, 3.8) is 0 Å². The first-order valence-corrected chi connectivity index (χ1v) is 8.89. The number of alkyl halides is 2. The SMILES string of the molecule is COc1ccccc1C1CNCCN1C(=O)Cc1c(C)nn(C(F)F)c1C.Cl. The Labute approximate surface area is 169 Å². The van der Waals surface area contributed by atoms with Crippen molar-refractivity contribution in [3.8, 4) is 5.75 Å². The van der Waals surface area contributed by atoms with E-state index in [1.807, 2.05) is 24.3 Å². The van der Waals surface area contributed by atoms with Crippen LogP contribution in [0.5, 0.6) is 5.75 Å². The van der Waals surface area contributed by atoms with Crippen molar-refractivity contribution in [2.45, 2.75) is 32.9 Å². The zero-order chi connectivity index (χ0) is 19.6. The lowest BCUT2D eigenvalue weighted by Gasteiger charge is -2.37. The predicted octanol–water partition coefficient (Wildman–Crippen LogP) is 3.04. The minimum absolute atomic E-state index is 0. The monoisotopic (exact) mass is 414 g/mol. The minimum atomic E-state index is -2.71. The maximum Gasteiger partial charge on any atom is 0.333 e. The molecule has 2 heterocycles. The van der Waals surface area contributed by atoms with Crippen molar-refractivity contribution in [1.29, 1.82) is 0 Å². The molecule has 0 radical (unpaired) electrons. The lowest BCUT2D eigenvalue weighted by atomic mass is 10.0. The standard InChI is InChI=1S/C19H24F2N4O2.ClH/c1-12-15(13(2)25(23-12)19(20)21)10-18(26)24-9-8-22-11-16(24)14-6-4-5-7-17(14)27-3;/h4-7,16,19,22H,8-11H2,1-3H3;1H. The highest BCUT2D eigenvalue weighted by molar-refractivity contribution is 5.85. The molecule has 6 nitrogen and oxygen atoms in total. The lowest BCUT2D eigenvalue weighted by Crippen LogP contribution is -2.49. The molecule has 1 aliphatic rings. The summed E-state index contributed by atoms with van der Waals surface area (Å²) in [4.78, 5) is 14.9. The van der Waals surface area contributed by atoms with Crippen molar-refractivity contribution >= 4 is 18.3 Å². The summed E-state index contributed by atoms with van der Waals surface area (Å²) in [5.74, 6) is 0.620. The summed E-state index contributed by atoms with van der Waals surface area (Å²) >= 11 is 0. The molecule has 28 heavy (non-hydrogen) atoms. The highest BCUT2D eigenvalue weighted by atomic mass is 35.5. The van der Waals surface area contributed by atoms with Gasteiger partial charge in [0.1, 0.15) is 5.75 Å². The third-order valence-corrected chi connectivity index (χ3v) is 5.05. The Morgan fingerprint density at radius 1 is 1.36 bits per heavy atom. The highest BCUT2D eigenvalue weighted by Crippen LogP contribution is 2.31. The van der Waals surface area contributed by atoms with Crippen molar-refractivity contribution in [3.05, 3.63) is 46.8 Å². The average molecular weight is 415 g/mol. The summed E-state index contributed by atoms with van der Waals surface area (Å²) in [6, 6.07) is 7.44. The molecular weight excluding hydrogens is 390 g/mol. The number of carbonyl (C=O) groups excluding carboxylic acids is 1. The fourth-order valence-electron chi connectivity index (χ4n) is 3.62. The number of hydrogen-bond acceptors (Lipinski definition) is 4. The number of halogens is 3. The summed E-state index contributed by atoms with van der Waals surface area (Å²) in [5.41, 5.74) is 2.29. The summed E-state index contributed by atoms with van der Waals surface area (Å²) in [7, 11) is 1.60. The van der Waals surface area contributed by atoms with E-state index in [-0.39, 0.29) is 30.8 Å². The number of methoxy groups -OCH3 is 1. The molecule has 1 aromatic heterocycles. The van der Waals surface area contributed by atoms with Crippen LogP contribution in [0.4, 0.5) is 8.78 Å². The summed E-state index contributed by atoms with van der Waals surface area (Å²) in [6.07, 6.45) is 0.0516. The summed E-state index contributed by atoms with van der Waals surface area (Å²) < 4.78 is 32.3. The van der Waals surface area contributed by atoms with Crippen LogP contribution in [0.3, 0.4) is 0 Å². The lowest BCUT2D eigenvalue weighted by molar-refractivity contribution is -0.133. The van der Waals surface area contributed by atoms with E-state index >= 15 is 0 Å². The van der Waals surface area contributed by atoms with Crippen LogP contribution in [0.25, 0.3) is 0 Å². The van der Waals surface area contributed by atoms with Crippen molar-refractivity contribution in [2.75, 3.05) is 26.7 Å².